The van der Waals surface area contributed by atoms with E-state index in [2.05, 4.69) is 0 Å². The van der Waals surface area contributed by atoms with Gasteiger partial charge in [-0.1, -0.05) is 11.6 Å². The molecule has 0 fully saturated rings. The smallest absolute Gasteiger partial charge is 0.314 e. The second kappa shape index (κ2) is 7.39. The van der Waals surface area contributed by atoms with Gasteiger partial charge in [-0.15, -0.1) is 0 Å². The zero-order chi connectivity index (χ0) is 18.7. The molecule has 10 heteroatoms. The van der Waals surface area contributed by atoms with Gasteiger partial charge in [-0.05, 0) is 12.1 Å². The highest BCUT2D eigenvalue weighted by Crippen LogP contribution is 2.27. The molecule has 0 bridgehead atoms. The first-order valence-electron chi connectivity index (χ1n) is 6.52. The number of benzene rings is 2. The second-order valence-corrected chi connectivity index (χ2v) is 5.06. The summed E-state index contributed by atoms with van der Waals surface area (Å²) in [6, 6.07) is 2.83. The third-order valence-electron chi connectivity index (χ3n) is 2.94. The normalized spacial score (nSPS) is 10.3. The highest BCUT2D eigenvalue weighted by molar-refractivity contribution is 6.44. The Bertz CT molecular complexity index is 861. The van der Waals surface area contributed by atoms with Gasteiger partial charge in [-0.25, -0.2) is 17.6 Å². The lowest BCUT2D eigenvalue weighted by molar-refractivity contribution is -0.133. The fourth-order valence-corrected chi connectivity index (χ4v) is 2.01. The highest BCUT2D eigenvalue weighted by atomic mass is 35.5. The molecule has 0 aliphatic carbocycles. The molecule has 2 aromatic rings. The fraction of sp³-hybridized carbons (Fsp3) is 0.0667. The maximum absolute atomic E-state index is 13.6. The number of carbonyl (C=O) groups is 2. The van der Waals surface area contributed by atoms with Crippen LogP contribution in [-0.2, 0) is 9.59 Å². The summed E-state index contributed by atoms with van der Waals surface area (Å²) >= 11 is 5.53. The van der Waals surface area contributed by atoms with Gasteiger partial charge in [0, 0.05) is 17.2 Å². The van der Waals surface area contributed by atoms with E-state index in [-0.39, 0.29) is 16.5 Å². The minimum absolute atomic E-state index is 0.211. The van der Waals surface area contributed by atoms with Crippen molar-refractivity contribution in [1.82, 2.24) is 0 Å². The zero-order valence-corrected chi connectivity index (χ0v) is 13.2. The summed E-state index contributed by atoms with van der Waals surface area (Å²) in [6.07, 6.45) is 0. The maximum Gasteiger partial charge on any atom is 0.314 e. The monoisotopic (exact) mass is 376 g/mol. The lowest BCUT2D eigenvalue weighted by Gasteiger charge is -2.11. The molecule has 0 saturated carbocycles. The van der Waals surface area contributed by atoms with Crippen molar-refractivity contribution in [3.05, 3.63) is 52.6 Å². The van der Waals surface area contributed by atoms with Crippen LogP contribution in [0.1, 0.15) is 0 Å². The lowest BCUT2D eigenvalue weighted by atomic mass is 10.2. The third-order valence-corrected chi connectivity index (χ3v) is 3.16. The van der Waals surface area contributed by atoms with Crippen LogP contribution in [0.3, 0.4) is 0 Å². The SMILES string of the molecule is COc1cc(F)c(F)cc1NC(=O)C(=O)Nc1cc(Cl)cc(F)c1F. The number of hydrogen-bond acceptors (Lipinski definition) is 3. The third kappa shape index (κ3) is 4.18. The number of nitrogens with one attached hydrogen (secondary N) is 2. The summed E-state index contributed by atoms with van der Waals surface area (Å²) in [6.45, 7) is 0. The molecule has 0 aliphatic rings. The molecule has 0 aromatic heterocycles. The van der Waals surface area contributed by atoms with Crippen molar-refractivity contribution >= 4 is 34.8 Å². The Labute approximate surface area is 143 Å². The molecule has 0 unspecified atom stereocenters. The second-order valence-electron chi connectivity index (χ2n) is 4.62. The first-order valence-corrected chi connectivity index (χ1v) is 6.90. The molecule has 0 atom stereocenters. The topological polar surface area (TPSA) is 67.4 Å². The van der Waals surface area contributed by atoms with Crippen molar-refractivity contribution in [2.45, 2.75) is 0 Å². The van der Waals surface area contributed by atoms with Gasteiger partial charge in [0.15, 0.2) is 23.3 Å². The molecule has 2 amide bonds. The summed E-state index contributed by atoms with van der Waals surface area (Å²) in [4.78, 5) is 23.6. The van der Waals surface area contributed by atoms with Crippen molar-refractivity contribution in [2.24, 2.45) is 0 Å². The maximum atomic E-state index is 13.6. The molecule has 0 spiro atoms. The number of rotatable bonds is 3. The van der Waals surface area contributed by atoms with Crippen LogP contribution in [-0.4, -0.2) is 18.9 Å². The van der Waals surface area contributed by atoms with Gasteiger partial charge < -0.3 is 15.4 Å². The number of ether oxygens (including phenoxy) is 1. The van der Waals surface area contributed by atoms with Crippen LogP contribution in [0.5, 0.6) is 5.75 Å². The number of amides is 2. The van der Waals surface area contributed by atoms with E-state index in [0.717, 1.165) is 13.2 Å². The van der Waals surface area contributed by atoms with E-state index in [9.17, 15) is 27.2 Å². The Morgan fingerprint density at radius 3 is 2.04 bits per heavy atom. The average Bonchev–Trinajstić information content (AvgIpc) is 2.55. The summed E-state index contributed by atoms with van der Waals surface area (Å²) in [5, 5.41) is 3.57. The van der Waals surface area contributed by atoms with E-state index in [1.807, 2.05) is 10.6 Å². The number of methoxy groups -OCH3 is 1. The van der Waals surface area contributed by atoms with E-state index in [1.54, 1.807) is 0 Å². The minimum Gasteiger partial charge on any atom is -0.494 e. The standard InChI is InChI=1S/C15H9ClF4N2O3/c1-25-12-5-8(18)7(17)4-10(12)21-14(23)15(24)22-11-3-6(16)2-9(19)13(11)20/h2-5H,1H3,(H,21,23)(H,22,24). The molecular weight excluding hydrogens is 368 g/mol. The largest absolute Gasteiger partial charge is 0.494 e. The molecule has 5 nitrogen and oxygen atoms in total. The molecule has 0 saturated heterocycles. The van der Waals surface area contributed by atoms with Crippen molar-refractivity contribution in [2.75, 3.05) is 17.7 Å². The highest BCUT2D eigenvalue weighted by Gasteiger charge is 2.20. The molecule has 132 valence electrons. The summed E-state index contributed by atoms with van der Waals surface area (Å²) < 4.78 is 57.9. The van der Waals surface area contributed by atoms with E-state index in [0.29, 0.717) is 18.2 Å². The Morgan fingerprint density at radius 1 is 0.880 bits per heavy atom. The van der Waals surface area contributed by atoms with Crippen LogP contribution >= 0.6 is 11.6 Å². The molecule has 0 aliphatic heterocycles. The van der Waals surface area contributed by atoms with E-state index < -0.39 is 40.8 Å². The van der Waals surface area contributed by atoms with Crippen molar-refractivity contribution in [3.63, 3.8) is 0 Å². The van der Waals surface area contributed by atoms with Gasteiger partial charge in [0.2, 0.25) is 0 Å². The van der Waals surface area contributed by atoms with Crippen LogP contribution < -0.4 is 15.4 Å². The lowest BCUT2D eigenvalue weighted by Crippen LogP contribution is -2.29. The number of anilines is 2. The van der Waals surface area contributed by atoms with Gasteiger partial charge in [-0.2, -0.15) is 0 Å². The van der Waals surface area contributed by atoms with Gasteiger partial charge in [0.05, 0.1) is 18.5 Å². The van der Waals surface area contributed by atoms with Crippen LogP contribution in [0.25, 0.3) is 0 Å². The molecule has 2 aromatic carbocycles. The summed E-state index contributed by atoms with van der Waals surface area (Å²) in [7, 11) is 1.13. The number of halogens is 5. The van der Waals surface area contributed by atoms with Crippen molar-refractivity contribution in [1.29, 1.82) is 0 Å². The Kier molecular flexibility index (Phi) is 5.48. The van der Waals surface area contributed by atoms with Crippen LogP contribution in [0.4, 0.5) is 28.9 Å². The minimum atomic E-state index is -1.42. The molecule has 0 radical (unpaired) electrons. The molecule has 2 rings (SSSR count). The average molecular weight is 377 g/mol. The van der Waals surface area contributed by atoms with Gasteiger partial charge >= 0.3 is 11.8 Å². The number of carbonyl (C=O) groups excluding carboxylic acids is 2. The van der Waals surface area contributed by atoms with E-state index >= 15 is 0 Å². The Balaban J connectivity index is 2.19. The predicted molar refractivity (Wildman–Crippen MR) is 81.5 cm³/mol. The first kappa shape index (κ1) is 18.5. The van der Waals surface area contributed by atoms with Gasteiger partial charge in [0.25, 0.3) is 0 Å². The zero-order valence-electron chi connectivity index (χ0n) is 12.4. The van der Waals surface area contributed by atoms with Crippen molar-refractivity contribution in [3.8, 4) is 5.75 Å². The first-order chi connectivity index (χ1) is 11.7. The fourth-order valence-electron chi connectivity index (χ4n) is 1.80. The van der Waals surface area contributed by atoms with Crippen LogP contribution in [0.15, 0.2) is 24.3 Å². The predicted octanol–water partition coefficient (Wildman–Crippen LogP) is 3.48. The molecule has 25 heavy (non-hydrogen) atoms. The Hall–Kier alpha value is -2.81. The Morgan fingerprint density at radius 2 is 1.44 bits per heavy atom. The van der Waals surface area contributed by atoms with E-state index in [1.165, 1.54) is 0 Å². The van der Waals surface area contributed by atoms with Crippen molar-refractivity contribution < 1.29 is 31.9 Å². The van der Waals surface area contributed by atoms with Crippen LogP contribution in [0, 0.1) is 23.3 Å². The quantitative estimate of drug-likeness (QED) is 0.489. The van der Waals surface area contributed by atoms with Gasteiger partial charge in [-0.3, -0.25) is 9.59 Å². The van der Waals surface area contributed by atoms with Crippen LogP contribution in [0.2, 0.25) is 5.02 Å². The van der Waals surface area contributed by atoms with E-state index in [4.69, 9.17) is 16.3 Å². The molecular formula is C15H9ClF4N2O3. The molecule has 2 N–H and O–H groups in total. The summed E-state index contributed by atoms with van der Waals surface area (Å²) in [5.41, 5.74) is -0.998. The molecule has 0 heterocycles. The van der Waals surface area contributed by atoms with Gasteiger partial charge in [0.1, 0.15) is 5.75 Å². The summed E-state index contributed by atoms with van der Waals surface area (Å²) in [5.74, 6) is -8.27. The number of hydrogen-bond donors (Lipinski definition) is 2.